The van der Waals surface area contributed by atoms with Crippen molar-refractivity contribution in [3.05, 3.63) is 59.8 Å². The monoisotopic (exact) mass is 334 g/mol. The van der Waals surface area contributed by atoms with E-state index in [1.807, 2.05) is 6.07 Å². The third-order valence-electron chi connectivity index (χ3n) is 4.21. The van der Waals surface area contributed by atoms with Crippen molar-refractivity contribution in [3.8, 4) is 17.5 Å². The minimum atomic E-state index is -0.0988. The van der Waals surface area contributed by atoms with E-state index < -0.39 is 0 Å². The van der Waals surface area contributed by atoms with Crippen molar-refractivity contribution in [3.63, 3.8) is 0 Å². The van der Waals surface area contributed by atoms with E-state index in [0.717, 1.165) is 11.3 Å². The lowest BCUT2D eigenvalue weighted by Gasteiger charge is -2.13. The van der Waals surface area contributed by atoms with E-state index in [1.165, 1.54) is 0 Å². The fourth-order valence-electron chi connectivity index (χ4n) is 2.89. The lowest BCUT2D eigenvalue weighted by Crippen LogP contribution is -2.24. The number of nitriles is 1. The number of carbonyl (C=O) groups excluding carboxylic acids is 1. The van der Waals surface area contributed by atoms with Gasteiger partial charge in [-0.15, -0.1) is 0 Å². The first-order valence-corrected chi connectivity index (χ1v) is 7.87. The first kappa shape index (κ1) is 15.1. The van der Waals surface area contributed by atoms with Gasteiger partial charge in [-0.25, -0.2) is 0 Å². The number of aromatic nitrogens is 2. The predicted molar refractivity (Wildman–Crippen MR) is 85.9 cm³/mol. The van der Waals surface area contributed by atoms with Gasteiger partial charge in [0, 0.05) is 24.4 Å². The lowest BCUT2D eigenvalue weighted by atomic mass is 10.1. The number of likely N-dealkylation sites (tertiary alicyclic amines) is 1. The van der Waals surface area contributed by atoms with Gasteiger partial charge >= 0.3 is 0 Å². The summed E-state index contributed by atoms with van der Waals surface area (Å²) in [6, 6.07) is 12.6. The van der Waals surface area contributed by atoms with Crippen LogP contribution in [-0.4, -0.2) is 27.5 Å². The third kappa shape index (κ3) is 3.02. The summed E-state index contributed by atoms with van der Waals surface area (Å²) in [5.41, 5.74) is 1.31. The number of rotatable bonds is 4. The third-order valence-corrected chi connectivity index (χ3v) is 4.21. The molecule has 25 heavy (non-hydrogen) atoms. The zero-order valence-electron chi connectivity index (χ0n) is 13.3. The molecule has 0 spiro atoms. The molecule has 0 saturated carbocycles. The van der Waals surface area contributed by atoms with Crippen LogP contribution >= 0.6 is 0 Å². The Bertz CT molecular complexity index is 922. The molecule has 3 heterocycles. The van der Waals surface area contributed by atoms with Crippen molar-refractivity contribution in [1.82, 2.24) is 15.0 Å². The van der Waals surface area contributed by atoms with Gasteiger partial charge in [-0.3, -0.25) is 4.79 Å². The summed E-state index contributed by atoms with van der Waals surface area (Å²) in [7, 11) is 0. The van der Waals surface area contributed by atoms with Crippen molar-refractivity contribution in [2.75, 3.05) is 6.54 Å². The van der Waals surface area contributed by atoms with Crippen LogP contribution in [0.4, 0.5) is 0 Å². The highest BCUT2D eigenvalue weighted by molar-refractivity contribution is 5.79. The Morgan fingerprint density at radius 3 is 2.84 bits per heavy atom. The molecule has 0 N–H and O–H groups in total. The fourth-order valence-corrected chi connectivity index (χ4v) is 2.89. The average Bonchev–Trinajstić information content (AvgIpc) is 3.37. The Morgan fingerprint density at radius 1 is 1.28 bits per heavy atom. The van der Waals surface area contributed by atoms with Gasteiger partial charge in [0.05, 0.1) is 24.4 Å². The molecule has 2 aromatic heterocycles. The number of amides is 1. The van der Waals surface area contributed by atoms with Gasteiger partial charge in [0.25, 0.3) is 5.89 Å². The molecule has 1 atom stereocenters. The first-order valence-electron chi connectivity index (χ1n) is 7.87. The second-order valence-electron chi connectivity index (χ2n) is 5.90. The molecule has 3 aromatic rings. The highest BCUT2D eigenvalue weighted by Crippen LogP contribution is 2.29. The molecule has 0 bridgehead atoms. The summed E-state index contributed by atoms with van der Waals surface area (Å²) in [5, 5.41) is 12.9. The zero-order valence-corrected chi connectivity index (χ0v) is 13.3. The summed E-state index contributed by atoms with van der Waals surface area (Å²) < 4.78 is 10.6. The minimum Gasteiger partial charge on any atom is -0.467 e. The molecule has 1 aliphatic rings. The SMILES string of the molecule is N#Cc1ccc(-c2nc(C3CC(=O)N(Cc4ccco4)C3)no2)cc1. The van der Waals surface area contributed by atoms with E-state index in [4.69, 9.17) is 14.2 Å². The molecule has 0 radical (unpaired) electrons. The summed E-state index contributed by atoms with van der Waals surface area (Å²) >= 11 is 0. The van der Waals surface area contributed by atoms with Gasteiger partial charge in [0.15, 0.2) is 5.82 Å². The standard InChI is InChI=1S/C18H14N4O3/c19-9-12-3-5-13(6-4-12)18-20-17(21-25-18)14-8-16(23)22(10-14)11-15-2-1-7-24-15/h1-7,14H,8,10-11H2. The number of hydrogen-bond acceptors (Lipinski definition) is 6. The molecule has 1 saturated heterocycles. The lowest BCUT2D eigenvalue weighted by molar-refractivity contribution is -0.128. The number of nitrogens with zero attached hydrogens (tertiary/aromatic N) is 4. The highest BCUT2D eigenvalue weighted by Gasteiger charge is 2.34. The first-order chi connectivity index (χ1) is 12.2. The smallest absolute Gasteiger partial charge is 0.257 e. The van der Waals surface area contributed by atoms with Crippen LogP contribution in [0, 0.1) is 11.3 Å². The maximum absolute atomic E-state index is 12.2. The van der Waals surface area contributed by atoms with Gasteiger partial charge in [0.1, 0.15) is 5.76 Å². The molecule has 1 aromatic carbocycles. The highest BCUT2D eigenvalue weighted by atomic mass is 16.5. The van der Waals surface area contributed by atoms with Crippen LogP contribution in [-0.2, 0) is 11.3 Å². The Kier molecular flexibility index (Phi) is 3.78. The summed E-state index contributed by atoms with van der Waals surface area (Å²) in [6.45, 7) is 0.981. The fraction of sp³-hybridized carbons (Fsp3) is 0.222. The Morgan fingerprint density at radius 2 is 2.12 bits per heavy atom. The predicted octanol–water partition coefficient (Wildman–Crippen LogP) is 2.72. The van der Waals surface area contributed by atoms with E-state index in [0.29, 0.717) is 36.8 Å². The quantitative estimate of drug-likeness (QED) is 0.728. The molecule has 124 valence electrons. The van der Waals surface area contributed by atoms with Crippen molar-refractivity contribution in [2.24, 2.45) is 0 Å². The molecule has 4 rings (SSSR count). The van der Waals surface area contributed by atoms with Crippen molar-refractivity contribution in [1.29, 1.82) is 5.26 Å². The Balaban J connectivity index is 1.48. The molecule has 7 nitrogen and oxygen atoms in total. The van der Waals surface area contributed by atoms with Crippen LogP contribution in [0.5, 0.6) is 0 Å². The topological polar surface area (TPSA) is 96.2 Å². The molecule has 1 aliphatic heterocycles. The van der Waals surface area contributed by atoms with E-state index in [-0.39, 0.29) is 11.8 Å². The summed E-state index contributed by atoms with van der Waals surface area (Å²) in [4.78, 5) is 18.4. The van der Waals surface area contributed by atoms with E-state index in [2.05, 4.69) is 16.2 Å². The molecular weight excluding hydrogens is 320 g/mol. The Hall–Kier alpha value is -3.40. The molecule has 1 unspecified atom stereocenters. The van der Waals surface area contributed by atoms with Crippen LogP contribution in [0.1, 0.15) is 29.5 Å². The van der Waals surface area contributed by atoms with Crippen LogP contribution < -0.4 is 0 Å². The van der Waals surface area contributed by atoms with Gasteiger partial charge < -0.3 is 13.8 Å². The van der Waals surface area contributed by atoms with Gasteiger partial charge in [0.2, 0.25) is 5.91 Å². The maximum atomic E-state index is 12.2. The van der Waals surface area contributed by atoms with Crippen LogP contribution in [0.25, 0.3) is 11.5 Å². The number of benzene rings is 1. The Labute approximate surface area is 143 Å². The van der Waals surface area contributed by atoms with Crippen molar-refractivity contribution < 1.29 is 13.7 Å². The van der Waals surface area contributed by atoms with Crippen molar-refractivity contribution >= 4 is 5.91 Å². The zero-order chi connectivity index (χ0) is 17.2. The normalized spacial score (nSPS) is 17.0. The van der Waals surface area contributed by atoms with Crippen molar-refractivity contribution in [2.45, 2.75) is 18.9 Å². The van der Waals surface area contributed by atoms with Gasteiger partial charge in [-0.1, -0.05) is 5.16 Å². The second-order valence-corrected chi connectivity index (χ2v) is 5.90. The molecule has 7 heteroatoms. The molecular formula is C18H14N4O3. The summed E-state index contributed by atoms with van der Waals surface area (Å²) in [5.74, 6) is 1.61. The molecule has 0 aliphatic carbocycles. The minimum absolute atomic E-state index is 0.0473. The van der Waals surface area contributed by atoms with Gasteiger partial charge in [-0.2, -0.15) is 10.2 Å². The number of hydrogen-bond donors (Lipinski definition) is 0. The van der Waals surface area contributed by atoms with Crippen LogP contribution in [0.15, 0.2) is 51.6 Å². The number of furan rings is 1. The van der Waals surface area contributed by atoms with E-state index >= 15 is 0 Å². The molecule has 1 amide bonds. The average molecular weight is 334 g/mol. The largest absolute Gasteiger partial charge is 0.467 e. The molecule has 1 fully saturated rings. The van der Waals surface area contributed by atoms with E-state index in [1.54, 1.807) is 41.5 Å². The number of carbonyl (C=O) groups is 1. The van der Waals surface area contributed by atoms with E-state index in [9.17, 15) is 4.79 Å². The van der Waals surface area contributed by atoms with Gasteiger partial charge in [-0.05, 0) is 36.4 Å². The van der Waals surface area contributed by atoms with Crippen LogP contribution in [0.2, 0.25) is 0 Å². The summed E-state index contributed by atoms with van der Waals surface area (Å²) in [6.07, 6.45) is 1.95. The van der Waals surface area contributed by atoms with Crippen LogP contribution in [0.3, 0.4) is 0 Å². The second kappa shape index (κ2) is 6.24. The maximum Gasteiger partial charge on any atom is 0.257 e.